The van der Waals surface area contributed by atoms with Gasteiger partial charge in [-0.05, 0) is 6.42 Å². The van der Waals surface area contributed by atoms with Gasteiger partial charge in [-0.15, -0.1) is 0 Å². The Morgan fingerprint density at radius 1 is 0.885 bits per heavy atom. The first-order chi connectivity index (χ1) is 12.0. The van der Waals surface area contributed by atoms with E-state index in [1.54, 1.807) is 0 Å². The Bertz CT molecular complexity index is 447. The molecule has 0 fully saturated rings. The van der Waals surface area contributed by atoms with E-state index in [2.05, 4.69) is 17.8 Å². The molecule has 0 atom stereocenters. The van der Waals surface area contributed by atoms with Crippen molar-refractivity contribution < 1.29 is 48.5 Å². The fraction of sp³-hybridized carbons (Fsp3) is 0.842. The summed E-state index contributed by atoms with van der Waals surface area (Å²) in [5.74, 6) is -0.0375. The summed E-state index contributed by atoms with van der Waals surface area (Å²) < 4.78 is 27.5. The molecule has 0 aliphatic carbocycles. The Labute approximate surface area is 184 Å². The number of unbranched alkanes of at least 4 members (excludes halogenated alkanes) is 13. The van der Waals surface area contributed by atoms with Gasteiger partial charge in [-0.3, -0.25) is 4.79 Å². The van der Waals surface area contributed by atoms with Crippen LogP contribution in [0.15, 0.2) is 12.3 Å². The minimum atomic E-state index is -3.63. The van der Waals surface area contributed by atoms with Gasteiger partial charge in [0, 0.05) is 0 Å². The molecule has 5 nitrogen and oxygen atoms in total. The van der Waals surface area contributed by atoms with Crippen LogP contribution in [0.3, 0.4) is 0 Å². The molecule has 1 N–H and O–H groups in total. The Hall–Kier alpha value is 0.120. The molecule has 0 unspecified atom stereocenters. The van der Waals surface area contributed by atoms with Crippen molar-refractivity contribution in [3.8, 4) is 0 Å². The molecule has 0 aliphatic heterocycles. The first-order valence-corrected chi connectivity index (χ1v) is 11.4. The first-order valence-electron chi connectivity index (χ1n) is 9.83. The topological polar surface area (TPSA) is 72.5 Å². The van der Waals surface area contributed by atoms with E-state index in [1.807, 2.05) is 5.48 Å². The van der Waals surface area contributed by atoms with Crippen molar-refractivity contribution in [2.75, 3.05) is 5.75 Å². The minimum absolute atomic E-state index is 0. The third kappa shape index (κ3) is 20.4. The summed E-state index contributed by atoms with van der Waals surface area (Å²) in [4.78, 5) is 10.3. The fourth-order valence-electron chi connectivity index (χ4n) is 2.66. The molecule has 0 saturated heterocycles. The molecule has 0 aliphatic rings. The number of aldehydes is 1. The van der Waals surface area contributed by atoms with E-state index in [4.69, 9.17) is 0 Å². The molecule has 150 valence electrons. The predicted molar refractivity (Wildman–Crippen MR) is 105 cm³/mol. The Kier molecular flexibility index (Phi) is 21.7. The third-order valence-electron chi connectivity index (χ3n) is 4.19. The molecule has 0 amide bonds. The van der Waals surface area contributed by atoms with E-state index < -0.39 is 10.1 Å². The van der Waals surface area contributed by atoms with Crippen molar-refractivity contribution in [3.63, 3.8) is 0 Å². The zero-order valence-corrected chi connectivity index (χ0v) is 19.7. The van der Waals surface area contributed by atoms with Crippen LogP contribution in [0, 0.1) is 0 Å². The van der Waals surface area contributed by atoms with E-state index in [9.17, 15) is 13.2 Å². The van der Waals surface area contributed by atoms with Crippen LogP contribution in [0.4, 0.5) is 0 Å². The van der Waals surface area contributed by atoms with E-state index in [-0.39, 0.29) is 42.4 Å². The molecule has 0 aromatic carbocycles. The zero-order chi connectivity index (χ0) is 18.8. The van der Waals surface area contributed by atoms with E-state index in [0.29, 0.717) is 12.7 Å². The molecular weight excluding hydrogens is 361 g/mol. The van der Waals surface area contributed by atoms with Gasteiger partial charge >= 0.3 is 29.6 Å². The average molecular weight is 400 g/mol. The SMILES string of the molecule is C=C(C=O)NOS(=O)(=O)CCCCCCCCCCCCCCCC.[H-].[Na+]. The Morgan fingerprint density at radius 2 is 1.27 bits per heavy atom. The Morgan fingerprint density at radius 3 is 1.65 bits per heavy atom. The number of hydroxylamine groups is 1. The van der Waals surface area contributed by atoms with Crippen molar-refractivity contribution in [3.05, 3.63) is 12.3 Å². The van der Waals surface area contributed by atoms with Crippen LogP contribution in [0.2, 0.25) is 0 Å². The normalized spacial score (nSPS) is 11.0. The van der Waals surface area contributed by atoms with E-state index in [1.165, 1.54) is 64.2 Å². The summed E-state index contributed by atoms with van der Waals surface area (Å²) in [6, 6.07) is 0. The van der Waals surface area contributed by atoms with Gasteiger partial charge in [0.05, 0.1) is 11.4 Å². The number of hydrogen-bond acceptors (Lipinski definition) is 5. The number of nitrogens with one attached hydrogen (secondary N) is 1. The number of carbonyl (C=O) groups is 1. The van der Waals surface area contributed by atoms with Crippen LogP contribution < -0.4 is 35.0 Å². The molecular formula is C19H38NNaO4S. The second-order valence-corrected chi connectivity index (χ2v) is 8.38. The summed E-state index contributed by atoms with van der Waals surface area (Å²) >= 11 is 0. The summed E-state index contributed by atoms with van der Waals surface area (Å²) in [6.07, 6.45) is 17.5. The summed E-state index contributed by atoms with van der Waals surface area (Å²) in [5.41, 5.74) is 1.91. The quantitative estimate of drug-likeness (QED) is 0.118. The molecule has 0 aromatic heterocycles. The second kappa shape index (κ2) is 19.9. The van der Waals surface area contributed by atoms with Crippen LogP contribution in [0.5, 0.6) is 0 Å². The molecule has 0 heterocycles. The van der Waals surface area contributed by atoms with Gasteiger partial charge in [-0.2, -0.15) is 12.7 Å². The number of hydrogen-bond donors (Lipinski definition) is 1. The number of allylic oxidation sites excluding steroid dienone is 1. The van der Waals surface area contributed by atoms with Crippen LogP contribution in [0.1, 0.15) is 98.2 Å². The van der Waals surface area contributed by atoms with E-state index >= 15 is 0 Å². The van der Waals surface area contributed by atoms with Gasteiger partial charge in [0.15, 0.2) is 6.29 Å². The van der Waals surface area contributed by atoms with Crippen molar-refractivity contribution in [1.29, 1.82) is 0 Å². The molecule has 0 saturated carbocycles. The maximum Gasteiger partial charge on any atom is 1.00 e. The standard InChI is InChI=1S/C19H37NO4S.Na.H/c1-3-4-5-6-7-8-9-10-11-12-13-14-15-16-17-25(22,23)24-20-19(2)18-21;;/h18,20H,2-17H2,1H3;;/q;+1;-1. The van der Waals surface area contributed by atoms with Crippen molar-refractivity contribution in [1.82, 2.24) is 5.48 Å². The second-order valence-electron chi connectivity index (χ2n) is 6.69. The maximum absolute atomic E-state index is 11.5. The molecule has 0 rings (SSSR count). The van der Waals surface area contributed by atoms with Gasteiger partial charge in [-0.1, -0.05) is 97.0 Å². The summed E-state index contributed by atoms with van der Waals surface area (Å²) in [6.45, 7) is 5.53. The Balaban J connectivity index is -0.00000288. The molecule has 0 bridgehead atoms. The van der Waals surface area contributed by atoms with Crippen molar-refractivity contribution in [2.24, 2.45) is 0 Å². The zero-order valence-electron chi connectivity index (χ0n) is 17.9. The average Bonchev–Trinajstić information content (AvgIpc) is 2.60. The molecule has 0 aromatic rings. The van der Waals surface area contributed by atoms with Crippen molar-refractivity contribution in [2.45, 2.75) is 96.8 Å². The van der Waals surface area contributed by atoms with Crippen LogP contribution >= 0.6 is 0 Å². The predicted octanol–water partition coefficient (Wildman–Crippen LogP) is 2.15. The van der Waals surface area contributed by atoms with Gasteiger partial charge in [0.1, 0.15) is 0 Å². The molecule has 0 spiro atoms. The van der Waals surface area contributed by atoms with Gasteiger partial charge in [0.25, 0.3) is 10.1 Å². The third-order valence-corrected chi connectivity index (χ3v) is 5.32. The minimum Gasteiger partial charge on any atom is -1.00 e. The first kappa shape index (κ1) is 28.3. The number of rotatable bonds is 19. The maximum atomic E-state index is 11.5. The summed E-state index contributed by atoms with van der Waals surface area (Å²) in [7, 11) is -3.63. The van der Waals surface area contributed by atoms with Gasteiger partial charge in [-0.25, -0.2) is 5.48 Å². The number of carbonyl (C=O) groups excluding carboxylic acids is 1. The monoisotopic (exact) mass is 399 g/mol. The fourth-order valence-corrected chi connectivity index (χ4v) is 3.53. The molecule has 26 heavy (non-hydrogen) atoms. The largest absolute Gasteiger partial charge is 1.00 e. The van der Waals surface area contributed by atoms with Gasteiger partial charge < -0.3 is 1.43 Å². The molecule has 0 radical (unpaired) electrons. The van der Waals surface area contributed by atoms with E-state index in [0.717, 1.165) is 19.3 Å². The van der Waals surface area contributed by atoms with Crippen LogP contribution in [-0.2, 0) is 19.2 Å². The molecule has 7 heteroatoms. The van der Waals surface area contributed by atoms with Gasteiger partial charge in [0.2, 0.25) is 0 Å². The van der Waals surface area contributed by atoms with Crippen molar-refractivity contribution >= 4 is 16.4 Å². The smallest absolute Gasteiger partial charge is 1.00 e. The van der Waals surface area contributed by atoms with Crippen LogP contribution in [-0.4, -0.2) is 20.5 Å². The summed E-state index contributed by atoms with van der Waals surface area (Å²) in [5, 5.41) is 0. The van der Waals surface area contributed by atoms with Crippen LogP contribution in [0.25, 0.3) is 0 Å².